The van der Waals surface area contributed by atoms with Crippen LogP contribution in [0.4, 0.5) is 0 Å². The molecule has 3 rings (SSSR count). The summed E-state index contributed by atoms with van der Waals surface area (Å²) in [6.45, 7) is 3.91. The molecule has 2 atom stereocenters. The maximum absolute atomic E-state index is 11.7. The minimum Gasteiger partial charge on any atom is -0.496 e. The zero-order valence-corrected chi connectivity index (χ0v) is 14.0. The summed E-state index contributed by atoms with van der Waals surface area (Å²) in [5.74, 6) is -0.484. The summed E-state index contributed by atoms with van der Waals surface area (Å²) in [6, 6.07) is 7.70. The molecule has 1 N–H and O–H groups in total. The monoisotopic (exact) mass is 332 g/mol. The zero-order chi connectivity index (χ0) is 16.4. The van der Waals surface area contributed by atoms with Crippen molar-refractivity contribution in [3.63, 3.8) is 0 Å². The number of carboxylic acids is 1. The molecule has 6 heteroatoms. The number of para-hydroxylation sites is 1. The van der Waals surface area contributed by atoms with Crippen LogP contribution in [0.2, 0.25) is 0 Å². The van der Waals surface area contributed by atoms with Gasteiger partial charge in [0, 0.05) is 30.9 Å². The molecule has 23 heavy (non-hydrogen) atoms. The van der Waals surface area contributed by atoms with Gasteiger partial charge >= 0.3 is 5.97 Å². The van der Waals surface area contributed by atoms with E-state index in [1.54, 1.807) is 18.4 Å². The third-order valence-corrected chi connectivity index (χ3v) is 5.13. The summed E-state index contributed by atoms with van der Waals surface area (Å²) >= 11 is 1.62. The Hall–Kier alpha value is -1.92. The Bertz CT molecular complexity index is 701. The van der Waals surface area contributed by atoms with E-state index in [-0.39, 0.29) is 5.92 Å². The summed E-state index contributed by atoms with van der Waals surface area (Å²) < 4.78 is 5.42. The fraction of sp³-hybridized carbons (Fsp3) is 0.412. The number of hydrogen-bond acceptors (Lipinski definition) is 5. The van der Waals surface area contributed by atoms with Gasteiger partial charge in [-0.3, -0.25) is 9.69 Å². The third kappa shape index (κ3) is 3.38. The quantitative estimate of drug-likeness (QED) is 0.912. The number of aromatic nitrogens is 1. The van der Waals surface area contributed by atoms with Gasteiger partial charge in [0.15, 0.2) is 0 Å². The van der Waals surface area contributed by atoms with Crippen molar-refractivity contribution in [2.45, 2.75) is 19.4 Å². The van der Waals surface area contributed by atoms with Gasteiger partial charge in [0.1, 0.15) is 5.75 Å². The lowest BCUT2D eigenvalue weighted by molar-refractivity contribution is -0.141. The number of likely N-dealkylation sites (tertiary alicyclic amines) is 1. The van der Waals surface area contributed by atoms with Crippen molar-refractivity contribution in [2.75, 3.05) is 20.2 Å². The maximum atomic E-state index is 11.7. The molecule has 122 valence electrons. The second-order valence-electron chi connectivity index (χ2n) is 5.85. The first-order chi connectivity index (χ1) is 11.1. The lowest BCUT2D eigenvalue weighted by Gasteiger charge is -2.18. The average Bonchev–Trinajstić information content (AvgIpc) is 3.14. The highest BCUT2D eigenvalue weighted by molar-refractivity contribution is 7.09. The van der Waals surface area contributed by atoms with Crippen LogP contribution >= 0.6 is 11.3 Å². The number of rotatable bonds is 5. The van der Waals surface area contributed by atoms with Gasteiger partial charge in [-0.15, -0.1) is 11.3 Å². The molecule has 1 saturated heterocycles. The number of benzene rings is 1. The topological polar surface area (TPSA) is 62.7 Å². The predicted octanol–water partition coefficient (Wildman–Crippen LogP) is 2.76. The number of carbonyl (C=O) groups is 1. The van der Waals surface area contributed by atoms with Gasteiger partial charge in [-0.1, -0.05) is 18.2 Å². The van der Waals surface area contributed by atoms with Crippen molar-refractivity contribution in [2.24, 2.45) is 5.92 Å². The van der Waals surface area contributed by atoms with E-state index in [0.717, 1.165) is 22.0 Å². The van der Waals surface area contributed by atoms with Crippen LogP contribution in [-0.2, 0) is 11.3 Å². The Labute approximate surface area is 139 Å². The molecule has 1 fully saturated rings. The van der Waals surface area contributed by atoms with Crippen molar-refractivity contribution < 1.29 is 14.6 Å². The predicted molar refractivity (Wildman–Crippen MR) is 89.0 cm³/mol. The lowest BCUT2D eigenvalue weighted by Crippen LogP contribution is -2.23. The van der Waals surface area contributed by atoms with Crippen LogP contribution in [0, 0.1) is 12.8 Å². The number of thiazole rings is 1. The standard InChI is InChI=1S/C17H20N2O3S/c1-11-18-12(10-23-11)7-19-8-14(15(9-19)17(20)21)13-5-3-4-6-16(13)22-2/h3-6,10,14-15H,7-9H2,1-2H3,(H,20,21)/t14-,15+/m1/s1. The molecule has 1 aromatic carbocycles. The molecular weight excluding hydrogens is 312 g/mol. The summed E-state index contributed by atoms with van der Waals surface area (Å²) in [5.41, 5.74) is 1.98. The normalized spacial score (nSPS) is 21.5. The third-order valence-electron chi connectivity index (χ3n) is 4.30. The van der Waals surface area contributed by atoms with E-state index in [1.165, 1.54) is 0 Å². The summed E-state index contributed by atoms with van der Waals surface area (Å²) in [6.07, 6.45) is 0. The second-order valence-corrected chi connectivity index (χ2v) is 6.91. The number of ether oxygens (including phenoxy) is 1. The molecule has 0 aliphatic carbocycles. The number of carboxylic acid groups (broad SMARTS) is 1. The summed E-state index contributed by atoms with van der Waals surface area (Å²) in [7, 11) is 1.62. The summed E-state index contributed by atoms with van der Waals surface area (Å²) in [4.78, 5) is 18.4. The van der Waals surface area contributed by atoms with Crippen molar-refractivity contribution in [1.29, 1.82) is 0 Å². The van der Waals surface area contributed by atoms with E-state index in [4.69, 9.17) is 4.74 Å². The average molecular weight is 332 g/mol. The van der Waals surface area contributed by atoms with Crippen molar-refractivity contribution in [3.8, 4) is 5.75 Å². The molecule has 5 nitrogen and oxygen atoms in total. The summed E-state index contributed by atoms with van der Waals surface area (Å²) in [5, 5.41) is 12.7. The minimum absolute atomic E-state index is 0.0663. The molecule has 2 aromatic rings. The fourth-order valence-corrected chi connectivity index (χ4v) is 3.87. The molecular formula is C17H20N2O3S. The Morgan fingerprint density at radius 2 is 2.22 bits per heavy atom. The van der Waals surface area contributed by atoms with E-state index in [1.807, 2.05) is 36.6 Å². The number of methoxy groups -OCH3 is 1. The van der Waals surface area contributed by atoms with E-state index in [2.05, 4.69) is 9.88 Å². The Morgan fingerprint density at radius 3 is 2.87 bits per heavy atom. The Morgan fingerprint density at radius 1 is 1.43 bits per heavy atom. The van der Waals surface area contributed by atoms with Gasteiger partial charge in [0.05, 0.1) is 23.7 Å². The van der Waals surface area contributed by atoms with Crippen LogP contribution in [0.5, 0.6) is 5.75 Å². The van der Waals surface area contributed by atoms with Gasteiger partial charge in [0.25, 0.3) is 0 Å². The van der Waals surface area contributed by atoms with E-state index in [9.17, 15) is 9.90 Å². The van der Waals surface area contributed by atoms with Crippen LogP contribution in [0.25, 0.3) is 0 Å². The Balaban J connectivity index is 1.82. The van der Waals surface area contributed by atoms with Crippen molar-refractivity contribution >= 4 is 17.3 Å². The highest BCUT2D eigenvalue weighted by Crippen LogP contribution is 2.38. The lowest BCUT2D eigenvalue weighted by atomic mass is 9.88. The van der Waals surface area contributed by atoms with Gasteiger partial charge in [0.2, 0.25) is 0 Å². The molecule has 0 spiro atoms. The van der Waals surface area contributed by atoms with Gasteiger partial charge in [-0.2, -0.15) is 0 Å². The van der Waals surface area contributed by atoms with Gasteiger partial charge < -0.3 is 9.84 Å². The van der Waals surface area contributed by atoms with Crippen LogP contribution in [-0.4, -0.2) is 41.2 Å². The molecule has 2 heterocycles. The number of aliphatic carboxylic acids is 1. The number of hydrogen-bond donors (Lipinski definition) is 1. The molecule has 1 aliphatic heterocycles. The van der Waals surface area contributed by atoms with Crippen molar-refractivity contribution in [1.82, 2.24) is 9.88 Å². The van der Waals surface area contributed by atoms with E-state index >= 15 is 0 Å². The molecule has 1 aromatic heterocycles. The Kier molecular flexibility index (Phi) is 4.63. The molecule has 0 bridgehead atoms. The first kappa shape index (κ1) is 16.0. The maximum Gasteiger partial charge on any atom is 0.308 e. The van der Waals surface area contributed by atoms with E-state index < -0.39 is 11.9 Å². The van der Waals surface area contributed by atoms with Crippen LogP contribution in [0.15, 0.2) is 29.6 Å². The zero-order valence-electron chi connectivity index (χ0n) is 13.2. The first-order valence-corrected chi connectivity index (χ1v) is 8.45. The molecule has 0 saturated carbocycles. The van der Waals surface area contributed by atoms with Crippen LogP contribution in [0.3, 0.4) is 0 Å². The smallest absolute Gasteiger partial charge is 0.308 e. The molecule has 1 aliphatic rings. The SMILES string of the molecule is COc1ccccc1[C@H]1CN(Cc2csc(C)n2)C[C@@H]1C(=O)O. The fourth-order valence-electron chi connectivity index (χ4n) is 3.26. The highest BCUT2D eigenvalue weighted by Gasteiger charge is 2.39. The number of aryl methyl sites for hydroxylation is 1. The van der Waals surface area contributed by atoms with Crippen LogP contribution < -0.4 is 4.74 Å². The van der Waals surface area contributed by atoms with Gasteiger partial charge in [-0.05, 0) is 18.6 Å². The molecule has 0 radical (unpaired) electrons. The molecule has 0 unspecified atom stereocenters. The largest absolute Gasteiger partial charge is 0.496 e. The van der Waals surface area contributed by atoms with Gasteiger partial charge in [-0.25, -0.2) is 4.98 Å². The second kappa shape index (κ2) is 6.68. The minimum atomic E-state index is -0.752. The molecule has 0 amide bonds. The van der Waals surface area contributed by atoms with Crippen molar-refractivity contribution in [3.05, 3.63) is 45.9 Å². The first-order valence-electron chi connectivity index (χ1n) is 7.57. The number of nitrogens with zero attached hydrogens (tertiary/aromatic N) is 2. The van der Waals surface area contributed by atoms with Crippen LogP contribution in [0.1, 0.15) is 22.2 Å². The van der Waals surface area contributed by atoms with E-state index in [0.29, 0.717) is 19.6 Å². The highest BCUT2D eigenvalue weighted by atomic mass is 32.1.